The fourth-order valence-corrected chi connectivity index (χ4v) is 2.41. The van der Waals surface area contributed by atoms with Crippen LogP contribution in [0.1, 0.15) is 12.8 Å². The zero-order chi connectivity index (χ0) is 15.5. The molecule has 7 nitrogen and oxygen atoms in total. The molecule has 0 atom stereocenters. The standard InChI is InChI=1S/C15H12N4O3/c16-6-10(7-17)8-18-11-4-13-14(22-9-21-13)5-12(11)19-3-1-2-15(19)20/h4-5,8,18H,1-3,9H2. The van der Waals surface area contributed by atoms with Crippen LogP contribution in [0.2, 0.25) is 0 Å². The molecular weight excluding hydrogens is 284 g/mol. The van der Waals surface area contributed by atoms with Crippen LogP contribution in [-0.2, 0) is 4.79 Å². The van der Waals surface area contributed by atoms with Gasteiger partial charge in [-0.15, -0.1) is 0 Å². The molecule has 0 radical (unpaired) electrons. The van der Waals surface area contributed by atoms with Gasteiger partial charge in [-0.25, -0.2) is 0 Å². The first-order chi connectivity index (χ1) is 10.7. The summed E-state index contributed by atoms with van der Waals surface area (Å²) in [6, 6.07) is 6.98. The maximum Gasteiger partial charge on any atom is 0.231 e. The number of nitrogens with one attached hydrogen (secondary N) is 1. The van der Waals surface area contributed by atoms with E-state index in [0.717, 1.165) is 6.42 Å². The van der Waals surface area contributed by atoms with Crippen LogP contribution in [0.15, 0.2) is 23.9 Å². The second-order valence-corrected chi connectivity index (χ2v) is 4.80. The molecule has 1 fully saturated rings. The molecule has 0 bridgehead atoms. The average molecular weight is 296 g/mol. The van der Waals surface area contributed by atoms with Gasteiger partial charge in [-0.3, -0.25) is 4.79 Å². The third kappa shape index (κ3) is 2.40. The zero-order valence-corrected chi connectivity index (χ0v) is 11.6. The Labute approximate surface area is 126 Å². The fraction of sp³-hybridized carbons (Fsp3) is 0.267. The predicted molar refractivity (Wildman–Crippen MR) is 77.1 cm³/mol. The van der Waals surface area contributed by atoms with E-state index in [4.69, 9.17) is 20.0 Å². The molecule has 1 saturated heterocycles. The number of carbonyl (C=O) groups is 1. The summed E-state index contributed by atoms with van der Waals surface area (Å²) in [5.74, 6) is 1.17. The summed E-state index contributed by atoms with van der Waals surface area (Å²) in [4.78, 5) is 13.6. The van der Waals surface area contributed by atoms with Crippen LogP contribution in [0.3, 0.4) is 0 Å². The van der Waals surface area contributed by atoms with Gasteiger partial charge < -0.3 is 19.7 Å². The zero-order valence-electron chi connectivity index (χ0n) is 11.6. The molecule has 1 N–H and O–H groups in total. The Morgan fingerprint density at radius 2 is 2.00 bits per heavy atom. The number of hydrogen-bond donors (Lipinski definition) is 1. The second kappa shape index (κ2) is 5.66. The highest BCUT2D eigenvalue weighted by Crippen LogP contribution is 2.42. The molecular formula is C15H12N4O3. The number of nitriles is 2. The second-order valence-electron chi connectivity index (χ2n) is 4.80. The van der Waals surface area contributed by atoms with E-state index in [1.165, 1.54) is 6.20 Å². The summed E-state index contributed by atoms with van der Waals surface area (Å²) in [5.41, 5.74) is 1.18. The Hall–Kier alpha value is -3.19. The molecule has 0 aromatic heterocycles. The van der Waals surface area contributed by atoms with Crippen LogP contribution < -0.4 is 19.7 Å². The van der Waals surface area contributed by atoms with E-state index >= 15 is 0 Å². The molecule has 2 aliphatic heterocycles. The molecule has 2 heterocycles. The molecule has 1 aromatic carbocycles. The normalized spacial score (nSPS) is 15.2. The highest BCUT2D eigenvalue weighted by molar-refractivity contribution is 5.99. The van der Waals surface area contributed by atoms with E-state index in [9.17, 15) is 4.79 Å². The van der Waals surface area contributed by atoms with Gasteiger partial charge in [0.25, 0.3) is 0 Å². The number of benzene rings is 1. The van der Waals surface area contributed by atoms with Crippen molar-refractivity contribution in [3.63, 3.8) is 0 Å². The van der Waals surface area contributed by atoms with E-state index in [-0.39, 0.29) is 18.3 Å². The van der Waals surface area contributed by atoms with Crippen molar-refractivity contribution in [2.75, 3.05) is 23.6 Å². The van der Waals surface area contributed by atoms with Gasteiger partial charge in [-0.1, -0.05) is 0 Å². The number of fused-ring (bicyclic) bond motifs is 1. The molecule has 2 aliphatic rings. The minimum Gasteiger partial charge on any atom is -0.454 e. The van der Waals surface area contributed by atoms with Gasteiger partial charge in [-0.05, 0) is 6.42 Å². The van der Waals surface area contributed by atoms with Crippen molar-refractivity contribution >= 4 is 17.3 Å². The van der Waals surface area contributed by atoms with Crippen molar-refractivity contribution in [3.8, 4) is 23.6 Å². The molecule has 22 heavy (non-hydrogen) atoms. The van der Waals surface area contributed by atoms with Gasteiger partial charge in [0.1, 0.15) is 17.7 Å². The molecule has 110 valence electrons. The number of nitrogens with zero attached hydrogens (tertiary/aromatic N) is 3. The largest absolute Gasteiger partial charge is 0.454 e. The van der Waals surface area contributed by atoms with Crippen molar-refractivity contribution < 1.29 is 14.3 Å². The van der Waals surface area contributed by atoms with Crippen LogP contribution in [0.5, 0.6) is 11.5 Å². The maximum absolute atomic E-state index is 12.0. The molecule has 0 saturated carbocycles. The van der Waals surface area contributed by atoms with Crippen molar-refractivity contribution in [2.45, 2.75) is 12.8 Å². The van der Waals surface area contributed by atoms with Crippen LogP contribution in [-0.4, -0.2) is 19.2 Å². The quantitative estimate of drug-likeness (QED) is 0.855. The van der Waals surface area contributed by atoms with Gasteiger partial charge in [0.15, 0.2) is 11.5 Å². The number of anilines is 2. The monoisotopic (exact) mass is 296 g/mol. The van der Waals surface area contributed by atoms with Gasteiger partial charge in [0.05, 0.1) is 11.4 Å². The molecule has 1 aromatic rings. The lowest BCUT2D eigenvalue weighted by atomic mass is 10.2. The number of ether oxygens (including phenoxy) is 2. The molecule has 1 amide bonds. The van der Waals surface area contributed by atoms with Gasteiger partial charge in [-0.2, -0.15) is 10.5 Å². The van der Waals surface area contributed by atoms with Crippen molar-refractivity contribution in [2.24, 2.45) is 0 Å². The first-order valence-corrected chi connectivity index (χ1v) is 6.74. The predicted octanol–water partition coefficient (Wildman–Crippen LogP) is 1.89. The lowest BCUT2D eigenvalue weighted by Crippen LogP contribution is -2.24. The third-order valence-electron chi connectivity index (χ3n) is 3.47. The Balaban J connectivity index is 2.00. The highest BCUT2D eigenvalue weighted by atomic mass is 16.7. The van der Waals surface area contributed by atoms with Gasteiger partial charge >= 0.3 is 0 Å². The molecule has 3 rings (SSSR count). The minimum atomic E-state index is -0.0589. The number of hydrogen-bond acceptors (Lipinski definition) is 6. The van der Waals surface area contributed by atoms with Crippen molar-refractivity contribution in [1.29, 1.82) is 10.5 Å². The summed E-state index contributed by atoms with van der Waals surface area (Å²) in [6.07, 6.45) is 2.61. The third-order valence-corrected chi connectivity index (χ3v) is 3.47. The Morgan fingerprint density at radius 1 is 1.27 bits per heavy atom. The molecule has 0 spiro atoms. The SMILES string of the molecule is N#CC(C#N)=CNc1cc2c(cc1N1CCCC1=O)OCO2. The first-order valence-electron chi connectivity index (χ1n) is 6.74. The van der Waals surface area contributed by atoms with E-state index in [1.54, 1.807) is 29.2 Å². The summed E-state index contributed by atoms with van der Waals surface area (Å²) >= 11 is 0. The Kier molecular flexibility index (Phi) is 3.55. The lowest BCUT2D eigenvalue weighted by Gasteiger charge is -2.20. The summed E-state index contributed by atoms with van der Waals surface area (Å²) in [6.45, 7) is 0.754. The molecule has 7 heteroatoms. The van der Waals surface area contributed by atoms with Crippen LogP contribution in [0.4, 0.5) is 11.4 Å². The smallest absolute Gasteiger partial charge is 0.231 e. The molecule has 0 aliphatic carbocycles. The molecule has 0 unspecified atom stereocenters. The number of amides is 1. The van der Waals surface area contributed by atoms with Crippen molar-refractivity contribution in [1.82, 2.24) is 0 Å². The number of allylic oxidation sites excluding steroid dienone is 1. The Bertz CT molecular complexity index is 726. The maximum atomic E-state index is 12.0. The lowest BCUT2D eigenvalue weighted by molar-refractivity contribution is -0.117. The number of carbonyl (C=O) groups excluding carboxylic acids is 1. The van der Waals surface area contributed by atoms with E-state index in [1.807, 2.05) is 0 Å². The summed E-state index contributed by atoms with van der Waals surface area (Å²) < 4.78 is 10.7. The van der Waals surface area contributed by atoms with Gasteiger partial charge in [0, 0.05) is 31.3 Å². The van der Waals surface area contributed by atoms with Crippen LogP contribution in [0.25, 0.3) is 0 Å². The minimum absolute atomic E-state index is 0.0340. The summed E-state index contributed by atoms with van der Waals surface area (Å²) in [7, 11) is 0. The highest BCUT2D eigenvalue weighted by Gasteiger charge is 2.27. The van der Waals surface area contributed by atoms with Gasteiger partial charge in [0.2, 0.25) is 12.7 Å². The number of rotatable bonds is 3. The topological polar surface area (TPSA) is 98.4 Å². The fourth-order valence-electron chi connectivity index (χ4n) is 2.41. The van der Waals surface area contributed by atoms with E-state index in [2.05, 4.69) is 5.32 Å². The first kappa shape index (κ1) is 13.8. The summed E-state index contributed by atoms with van der Waals surface area (Å²) in [5, 5.41) is 20.5. The van der Waals surface area contributed by atoms with E-state index in [0.29, 0.717) is 35.8 Å². The van der Waals surface area contributed by atoms with E-state index < -0.39 is 0 Å². The van der Waals surface area contributed by atoms with Crippen molar-refractivity contribution in [3.05, 3.63) is 23.9 Å². The van der Waals surface area contributed by atoms with Crippen LogP contribution >= 0.6 is 0 Å². The average Bonchev–Trinajstić information content (AvgIpc) is 3.15. The Morgan fingerprint density at radius 3 is 2.64 bits per heavy atom. The van der Waals surface area contributed by atoms with Crippen LogP contribution in [0, 0.1) is 22.7 Å².